The molecule has 2 N–H and O–H groups in total. The normalized spacial score (nSPS) is 12.7. The molecule has 5 heteroatoms. The second-order valence-electron chi connectivity index (χ2n) is 4.20. The lowest BCUT2D eigenvalue weighted by Gasteiger charge is -2.09. The number of halogens is 1. The first kappa shape index (κ1) is 13.6. The smallest absolute Gasteiger partial charge is 0.260 e. The van der Waals surface area contributed by atoms with Crippen molar-refractivity contribution >= 4 is 27.7 Å². The Hall–Kier alpha value is -0.780. The summed E-state index contributed by atoms with van der Waals surface area (Å²) in [5.74, 6) is 0.865. The zero-order chi connectivity index (χ0) is 13.3. The predicted molar refractivity (Wildman–Crippen MR) is 76.8 cm³/mol. The summed E-state index contributed by atoms with van der Waals surface area (Å²) in [6.07, 6.45) is 0. The number of benzene rings is 1. The van der Waals surface area contributed by atoms with Crippen LogP contribution in [0.2, 0.25) is 0 Å². The molecule has 2 rings (SSSR count). The molecule has 0 unspecified atom stereocenters. The fourth-order valence-corrected chi connectivity index (χ4v) is 3.28. The Kier molecular flexibility index (Phi) is 4.14. The Labute approximate surface area is 119 Å². The average Bonchev–Trinajstić information content (AvgIpc) is 2.57. The Balaban J connectivity index is 2.22. The van der Waals surface area contributed by atoms with Crippen molar-refractivity contribution in [1.82, 2.24) is 4.98 Å². The first-order chi connectivity index (χ1) is 8.47. The molecule has 0 amide bonds. The maximum absolute atomic E-state index is 5.87. The molecule has 0 spiro atoms. The molecule has 96 valence electrons. The molecule has 0 saturated carbocycles. The molecule has 1 aromatic heterocycles. The molecular formula is C13H15BrN2OS. The Morgan fingerprint density at radius 1 is 1.39 bits per heavy atom. The molecule has 0 fully saturated rings. The minimum atomic E-state index is 0.0182. The number of aromatic nitrogens is 1. The lowest BCUT2D eigenvalue weighted by molar-refractivity contribution is 0.431. The highest BCUT2D eigenvalue weighted by atomic mass is 79.9. The van der Waals surface area contributed by atoms with Crippen LogP contribution in [-0.2, 0) is 0 Å². The fourth-order valence-electron chi connectivity index (χ4n) is 1.53. The van der Waals surface area contributed by atoms with E-state index in [1.54, 1.807) is 0 Å². The first-order valence-electron chi connectivity index (χ1n) is 5.64. The third kappa shape index (κ3) is 2.96. The van der Waals surface area contributed by atoms with Gasteiger partial charge in [-0.2, -0.15) is 0 Å². The minimum Gasteiger partial charge on any atom is -0.436 e. The van der Waals surface area contributed by atoms with Gasteiger partial charge in [0.25, 0.3) is 5.22 Å². The van der Waals surface area contributed by atoms with Crippen LogP contribution in [0.25, 0.3) is 0 Å². The van der Waals surface area contributed by atoms with Crippen LogP contribution in [-0.4, -0.2) is 4.98 Å². The summed E-state index contributed by atoms with van der Waals surface area (Å²) >= 11 is 5.04. The van der Waals surface area contributed by atoms with E-state index in [9.17, 15) is 0 Å². The van der Waals surface area contributed by atoms with Crippen molar-refractivity contribution < 1.29 is 4.42 Å². The molecule has 1 aromatic carbocycles. The van der Waals surface area contributed by atoms with Crippen molar-refractivity contribution in [1.29, 1.82) is 0 Å². The molecule has 0 saturated heterocycles. The zero-order valence-electron chi connectivity index (χ0n) is 10.5. The van der Waals surface area contributed by atoms with Crippen LogP contribution >= 0.6 is 27.7 Å². The summed E-state index contributed by atoms with van der Waals surface area (Å²) in [6.45, 7) is 5.83. The van der Waals surface area contributed by atoms with Crippen LogP contribution in [0.5, 0.6) is 0 Å². The van der Waals surface area contributed by atoms with Crippen molar-refractivity contribution in [2.45, 2.75) is 36.9 Å². The van der Waals surface area contributed by atoms with E-state index in [0.29, 0.717) is 5.22 Å². The Morgan fingerprint density at radius 2 is 2.11 bits per heavy atom. The van der Waals surface area contributed by atoms with Crippen molar-refractivity contribution in [3.63, 3.8) is 0 Å². The lowest BCUT2D eigenvalue weighted by atomic mass is 10.1. The second kappa shape index (κ2) is 5.47. The largest absolute Gasteiger partial charge is 0.436 e. The summed E-state index contributed by atoms with van der Waals surface area (Å²) in [7, 11) is 0. The van der Waals surface area contributed by atoms with Gasteiger partial charge in [-0.1, -0.05) is 22.0 Å². The van der Waals surface area contributed by atoms with Gasteiger partial charge in [0.1, 0.15) is 5.76 Å². The van der Waals surface area contributed by atoms with Gasteiger partial charge in [0.2, 0.25) is 0 Å². The SMILES string of the molecule is Cc1nc(Sc2ccc([C@H](C)N)c(Br)c2)oc1C. The highest BCUT2D eigenvalue weighted by molar-refractivity contribution is 9.10. The van der Waals surface area contributed by atoms with Crippen molar-refractivity contribution in [2.24, 2.45) is 5.73 Å². The highest BCUT2D eigenvalue weighted by Crippen LogP contribution is 2.32. The van der Waals surface area contributed by atoms with E-state index >= 15 is 0 Å². The van der Waals surface area contributed by atoms with E-state index in [1.807, 2.05) is 39.0 Å². The van der Waals surface area contributed by atoms with Crippen molar-refractivity contribution in [3.8, 4) is 0 Å². The lowest BCUT2D eigenvalue weighted by Crippen LogP contribution is -2.05. The zero-order valence-corrected chi connectivity index (χ0v) is 12.9. The second-order valence-corrected chi connectivity index (χ2v) is 6.07. The van der Waals surface area contributed by atoms with Gasteiger partial charge < -0.3 is 10.2 Å². The molecule has 0 aliphatic carbocycles. The topological polar surface area (TPSA) is 52.0 Å². The summed E-state index contributed by atoms with van der Waals surface area (Å²) < 4.78 is 6.56. The molecule has 3 nitrogen and oxygen atoms in total. The van der Waals surface area contributed by atoms with Crippen LogP contribution in [0.4, 0.5) is 0 Å². The molecule has 0 aliphatic heterocycles. The van der Waals surface area contributed by atoms with E-state index in [2.05, 4.69) is 20.9 Å². The van der Waals surface area contributed by atoms with Gasteiger partial charge >= 0.3 is 0 Å². The van der Waals surface area contributed by atoms with Crippen molar-refractivity contribution in [3.05, 3.63) is 39.7 Å². The number of nitrogens with two attached hydrogens (primary N) is 1. The van der Waals surface area contributed by atoms with Gasteiger partial charge in [0.15, 0.2) is 0 Å². The third-order valence-corrected chi connectivity index (χ3v) is 4.20. The minimum absolute atomic E-state index is 0.0182. The van der Waals surface area contributed by atoms with Crippen molar-refractivity contribution in [2.75, 3.05) is 0 Å². The molecule has 1 atom stereocenters. The van der Waals surface area contributed by atoms with E-state index < -0.39 is 0 Å². The summed E-state index contributed by atoms with van der Waals surface area (Å²) in [5, 5.41) is 0.672. The van der Waals surface area contributed by atoms with Crippen LogP contribution < -0.4 is 5.73 Å². The summed E-state index contributed by atoms with van der Waals surface area (Å²) in [4.78, 5) is 5.43. The number of hydrogen-bond acceptors (Lipinski definition) is 4. The van der Waals surface area contributed by atoms with Gasteiger partial charge in [-0.25, -0.2) is 4.98 Å². The van der Waals surface area contributed by atoms with Gasteiger partial charge in [0, 0.05) is 15.4 Å². The van der Waals surface area contributed by atoms with E-state index in [0.717, 1.165) is 26.4 Å². The Morgan fingerprint density at radius 3 is 2.61 bits per heavy atom. The average molecular weight is 327 g/mol. The number of aryl methyl sites for hydroxylation is 2. The summed E-state index contributed by atoms with van der Waals surface area (Å²) in [6, 6.07) is 6.12. The van der Waals surface area contributed by atoms with Gasteiger partial charge in [0.05, 0.1) is 5.69 Å². The highest BCUT2D eigenvalue weighted by Gasteiger charge is 2.10. The number of hydrogen-bond donors (Lipinski definition) is 1. The van der Waals surface area contributed by atoms with Crippen LogP contribution in [0.1, 0.15) is 30.0 Å². The predicted octanol–water partition coefficient (Wildman–Crippen LogP) is 4.22. The third-order valence-electron chi connectivity index (χ3n) is 2.68. The molecule has 18 heavy (non-hydrogen) atoms. The molecular weight excluding hydrogens is 312 g/mol. The maximum Gasteiger partial charge on any atom is 0.260 e. The summed E-state index contributed by atoms with van der Waals surface area (Å²) in [5.41, 5.74) is 7.90. The number of nitrogens with zero attached hydrogens (tertiary/aromatic N) is 1. The quantitative estimate of drug-likeness (QED) is 0.917. The van der Waals surface area contributed by atoms with E-state index in [-0.39, 0.29) is 6.04 Å². The number of oxazole rings is 1. The van der Waals surface area contributed by atoms with Crippen LogP contribution in [0.3, 0.4) is 0 Å². The van der Waals surface area contributed by atoms with Gasteiger partial charge in [-0.05, 0) is 50.2 Å². The van der Waals surface area contributed by atoms with Gasteiger partial charge in [-0.15, -0.1) is 0 Å². The first-order valence-corrected chi connectivity index (χ1v) is 7.25. The van der Waals surface area contributed by atoms with E-state index in [1.165, 1.54) is 11.8 Å². The van der Waals surface area contributed by atoms with Crippen LogP contribution in [0.15, 0.2) is 37.2 Å². The standard InChI is InChI=1S/C13H15BrN2OS/c1-7(15)11-5-4-10(6-12(11)14)18-13-16-8(2)9(3)17-13/h4-7H,15H2,1-3H3/t7-/m0/s1. The molecule has 0 bridgehead atoms. The van der Waals surface area contributed by atoms with E-state index in [4.69, 9.17) is 10.2 Å². The molecule has 0 aliphatic rings. The van der Waals surface area contributed by atoms with Gasteiger partial charge in [-0.3, -0.25) is 0 Å². The van der Waals surface area contributed by atoms with Crippen LogP contribution in [0, 0.1) is 13.8 Å². The molecule has 0 radical (unpaired) electrons. The maximum atomic E-state index is 5.87. The Bertz CT molecular complexity index is 547. The fraction of sp³-hybridized carbons (Fsp3) is 0.308. The molecule has 1 heterocycles. The number of rotatable bonds is 3. The monoisotopic (exact) mass is 326 g/mol. The molecule has 2 aromatic rings.